The molecule has 0 N–H and O–H groups in total. The summed E-state index contributed by atoms with van der Waals surface area (Å²) in [6.07, 6.45) is 19.7. The second-order valence-corrected chi connectivity index (χ2v) is 10.00. The molecule has 5 heteroatoms. The second kappa shape index (κ2) is 17.3. The highest BCUT2D eigenvalue weighted by Gasteiger charge is 2.11. The zero-order valence-electron chi connectivity index (χ0n) is 23.3. The summed E-state index contributed by atoms with van der Waals surface area (Å²) in [4.78, 5) is 21.0. The Labute approximate surface area is 229 Å². The van der Waals surface area contributed by atoms with E-state index in [-0.39, 0.29) is 6.01 Å². The molecule has 1 aromatic heterocycles. The monoisotopic (exact) mass is 516 g/mol. The third-order valence-electron chi connectivity index (χ3n) is 6.78. The van der Waals surface area contributed by atoms with Crippen LogP contribution in [0.25, 0.3) is 11.1 Å². The van der Waals surface area contributed by atoms with Crippen molar-refractivity contribution in [2.75, 3.05) is 6.61 Å². The van der Waals surface area contributed by atoms with Crippen molar-refractivity contribution < 1.29 is 14.3 Å². The van der Waals surface area contributed by atoms with Crippen molar-refractivity contribution in [1.29, 1.82) is 0 Å². The Balaban J connectivity index is 1.41. The first-order chi connectivity index (χ1) is 18.7. The van der Waals surface area contributed by atoms with Gasteiger partial charge in [0.2, 0.25) is 0 Å². The molecule has 0 radical (unpaired) electrons. The Kier molecular flexibility index (Phi) is 13.4. The molecule has 0 bridgehead atoms. The minimum atomic E-state index is -0.487. The zero-order chi connectivity index (χ0) is 26.8. The normalized spacial score (nSPS) is 10.9. The molecule has 2 aromatic carbocycles. The fraction of sp³-hybridized carbons (Fsp3) is 0.485. The van der Waals surface area contributed by atoms with Gasteiger partial charge in [-0.1, -0.05) is 102 Å². The molecular weight excluding hydrogens is 472 g/mol. The van der Waals surface area contributed by atoms with Crippen LogP contribution in [-0.4, -0.2) is 22.5 Å². The molecule has 0 aliphatic heterocycles. The topological polar surface area (TPSA) is 61.3 Å². The number of hydrogen-bond donors (Lipinski definition) is 0. The molecule has 3 aromatic rings. The highest BCUT2D eigenvalue weighted by atomic mass is 16.5. The van der Waals surface area contributed by atoms with E-state index >= 15 is 0 Å². The van der Waals surface area contributed by atoms with Gasteiger partial charge >= 0.3 is 12.0 Å². The summed E-state index contributed by atoms with van der Waals surface area (Å²) < 4.78 is 11.2. The van der Waals surface area contributed by atoms with Crippen LogP contribution in [0.5, 0.6) is 11.8 Å². The van der Waals surface area contributed by atoms with Crippen molar-refractivity contribution in [2.24, 2.45) is 0 Å². The number of rotatable bonds is 18. The number of aryl methyl sites for hydroxylation is 1. The van der Waals surface area contributed by atoms with Gasteiger partial charge in [0.15, 0.2) is 0 Å². The highest BCUT2D eigenvalue weighted by Crippen LogP contribution is 2.21. The van der Waals surface area contributed by atoms with Crippen LogP contribution in [0.1, 0.15) is 107 Å². The Morgan fingerprint density at radius 2 is 1.24 bits per heavy atom. The molecule has 38 heavy (non-hydrogen) atoms. The molecule has 0 unspecified atom stereocenters. The van der Waals surface area contributed by atoms with Crippen molar-refractivity contribution in [1.82, 2.24) is 9.97 Å². The van der Waals surface area contributed by atoms with Gasteiger partial charge in [0.25, 0.3) is 0 Å². The molecule has 5 nitrogen and oxygen atoms in total. The van der Waals surface area contributed by atoms with Crippen molar-refractivity contribution in [3.05, 3.63) is 72.1 Å². The lowest BCUT2D eigenvalue weighted by molar-refractivity contribution is 0.0719. The molecule has 0 aliphatic carbocycles. The molecule has 1 heterocycles. The van der Waals surface area contributed by atoms with Crippen LogP contribution < -0.4 is 9.47 Å². The van der Waals surface area contributed by atoms with E-state index in [0.29, 0.717) is 12.2 Å². The van der Waals surface area contributed by atoms with E-state index in [1.165, 1.54) is 76.2 Å². The van der Waals surface area contributed by atoms with Gasteiger partial charge in [-0.25, -0.2) is 14.8 Å². The number of nitrogens with zero attached hydrogens (tertiary/aromatic N) is 2. The average Bonchev–Trinajstić information content (AvgIpc) is 2.95. The third-order valence-corrected chi connectivity index (χ3v) is 6.78. The first kappa shape index (κ1) is 29.3. The van der Waals surface area contributed by atoms with Crippen molar-refractivity contribution >= 4 is 5.97 Å². The lowest BCUT2D eigenvalue weighted by Crippen LogP contribution is -2.10. The van der Waals surface area contributed by atoms with Gasteiger partial charge < -0.3 is 9.47 Å². The maximum absolute atomic E-state index is 12.5. The lowest BCUT2D eigenvalue weighted by atomic mass is 10.0. The van der Waals surface area contributed by atoms with Gasteiger partial charge in [-0.05, 0) is 54.7 Å². The fourth-order valence-corrected chi connectivity index (χ4v) is 4.39. The summed E-state index contributed by atoms with van der Waals surface area (Å²) >= 11 is 0. The molecule has 0 saturated carbocycles. The van der Waals surface area contributed by atoms with Crippen LogP contribution in [0.2, 0.25) is 0 Å². The van der Waals surface area contributed by atoms with E-state index in [2.05, 4.69) is 48.1 Å². The Morgan fingerprint density at radius 3 is 1.87 bits per heavy atom. The molecule has 0 fully saturated rings. The number of carbonyl (C=O) groups is 1. The summed E-state index contributed by atoms with van der Waals surface area (Å²) in [5.41, 5.74) is 3.73. The number of benzene rings is 2. The van der Waals surface area contributed by atoms with E-state index in [9.17, 15) is 4.79 Å². The first-order valence-corrected chi connectivity index (χ1v) is 14.6. The number of ether oxygens (including phenoxy) is 2. The van der Waals surface area contributed by atoms with Crippen LogP contribution >= 0.6 is 0 Å². The predicted octanol–water partition coefficient (Wildman–Crippen LogP) is 9.01. The lowest BCUT2D eigenvalue weighted by Gasteiger charge is -2.08. The summed E-state index contributed by atoms with van der Waals surface area (Å²) in [6.45, 7) is 5.17. The van der Waals surface area contributed by atoms with Crippen molar-refractivity contribution in [2.45, 2.75) is 97.3 Å². The molecule has 3 rings (SSSR count). The molecule has 0 saturated heterocycles. The molecule has 0 atom stereocenters. The summed E-state index contributed by atoms with van der Waals surface area (Å²) in [5.74, 6) is 0.271. The van der Waals surface area contributed by atoms with Gasteiger partial charge in [-0.2, -0.15) is 0 Å². The van der Waals surface area contributed by atoms with Gasteiger partial charge in [-0.15, -0.1) is 0 Å². The van der Waals surface area contributed by atoms with Crippen LogP contribution in [-0.2, 0) is 6.42 Å². The number of carbonyl (C=O) groups excluding carboxylic acids is 1. The van der Waals surface area contributed by atoms with E-state index in [1.54, 1.807) is 36.7 Å². The zero-order valence-corrected chi connectivity index (χ0v) is 23.3. The predicted molar refractivity (Wildman–Crippen MR) is 155 cm³/mol. The fourth-order valence-electron chi connectivity index (χ4n) is 4.39. The Morgan fingerprint density at radius 1 is 0.658 bits per heavy atom. The largest absolute Gasteiger partial charge is 0.494 e. The van der Waals surface area contributed by atoms with Crippen LogP contribution in [0.15, 0.2) is 60.9 Å². The van der Waals surface area contributed by atoms with Crippen LogP contribution in [0, 0.1) is 0 Å². The second-order valence-electron chi connectivity index (χ2n) is 10.00. The summed E-state index contributed by atoms with van der Waals surface area (Å²) in [7, 11) is 0. The van der Waals surface area contributed by atoms with E-state index < -0.39 is 5.97 Å². The van der Waals surface area contributed by atoms with Gasteiger partial charge in [0.05, 0.1) is 12.2 Å². The molecule has 204 valence electrons. The maximum Gasteiger partial charge on any atom is 0.345 e. The minimum Gasteiger partial charge on any atom is -0.494 e. The Bertz CT molecular complexity index is 1050. The standard InChI is InChI=1S/C33H44N2O3/c1-3-5-7-9-11-13-15-27-16-18-28(19-17-27)30-25-34-33(35-26-30)38-32(36)29-20-22-31(23-21-29)37-24-14-12-10-8-6-4-2/h16-23,25-26H,3-15,24H2,1-2H3. The SMILES string of the molecule is CCCCCCCCOc1ccc(C(=O)Oc2ncc(-c3ccc(CCCCCCCC)cc3)cn2)cc1. The van der Waals surface area contributed by atoms with Gasteiger partial charge in [0, 0.05) is 18.0 Å². The molecule has 0 amide bonds. The number of unbranched alkanes of at least 4 members (excludes halogenated alkanes) is 10. The Hall–Kier alpha value is -3.21. The van der Waals surface area contributed by atoms with Crippen LogP contribution in [0.3, 0.4) is 0 Å². The van der Waals surface area contributed by atoms with Crippen molar-refractivity contribution in [3.8, 4) is 22.9 Å². The van der Waals surface area contributed by atoms with E-state index in [4.69, 9.17) is 9.47 Å². The highest BCUT2D eigenvalue weighted by molar-refractivity contribution is 5.90. The van der Waals surface area contributed by atoms with E-state index in [1.807, 2.05) is 0 Å². The first-order valence-electron chi connectivity index (χ1n) is 14.6. The molecular formula is C33H44N2O3. The average molecular weight is 517 g/mol. The quantitative estimate of drug-likeness (QED) is 0.125. The van der Waals surface area contributed by atoms with E-state index in [0.717, 1.165) is 29.7 Å². The van der Waals surface area contributed by atoms with Crippen LogP contribution in [0.4, 0.5) is 0 Å². The number of hydrogen-bond acceptors (Lipinski definition) is 5. The maximum atomic E-state index is 12.5. The van der Waals surface area contributed by atoms with Crippen molar-refractivity contribution in [3.63, 3.8) is 0 Å². The molecule has 0 spiro atoms. The van der Waals surface area contributed by atoms with Gasteiger partial charge in [0.1, 0.15) is 5.75 Å². The smallest absolute Gasteiger partial charge is 0.345 e. The van der Waals surface area contributed by atoms with Gasteiger partial charge in [-0.3, -0.25) is 0 Å². The number of esters is 1. The summed E-state index contributed by atoms with van der Waals surface area (Å²) in [5, 5.41) is 0. The number of aromatic nitrogens is 2. The minimum absolute atomic E-state index is 0.0434. The molecule has 0 aliphatic rings. The third kappa shape index (κ3) is 10.6. The summed E-state index contributed by atoms with van der Waals surface area (Å²) in [6, 6.07) is 15.6.